The van der Waals surface area contributed by atoms with Crippen LogP contribution >= 0.6 is 22.9 Å². The van der Waals surface area contributed by atoms with Crippen LogP contribution in [0.2, 0.25) is 4.34 Å². The molecule has 0 aliphatic rings. The van der Waals surface area contributed by atoms with Crippen molar-refractivity contribution in [3.8, 4) is 10.6 Å². The average Bonchev–Trinajstić information content (AvgIpc) is 2.84. The second-order valence-electron chi connectivity index (χ2n) is 3.18. The topological polar surface area (TPSA) is 38.1 Å². The smallest absolute Gasteiger partial charge is 0.211 e. The summed E-state index contributed by atoms with van der Waals surface area (Å²) in [5.41, 5.74) is 0. The van der Waals surface area contributed by atoms with E-state index >= 15 is 0 Å². The highest BCUT2D eigenvalue weighted by Crippen LogP contribution is 2.31. The Morgan fingerprint density at radius 3 is 2.93 bits per heavy atom. The van der Waals surface area contributed by atoms with Gasteiger partial charge >= 0.3 is 0 Å². The number of nitrogens with one attached hydrogen (secondary N) is 1. The molecule has 0 fully saturated rings. The lowest BCUT2D eigenvalue weighted by Gasteiger charge is -2.03. The van der Waals surface area contributed by atoms with Crippen LogP contribution in [0.3, 0.4) is 0 Å². The molecule has 0 bridgehead atoms. The number of nitrogens with zero attached hydrogens (tertiary/aromatic N) is 1. The molecule has 1 unspecified atom stereocenters. The number of rotatable bonds is 3. The van der Waals surface area contributed by atoms with Crippen LogP contribution in [0.5, 0.6) is 0 Å². The lowest BCUT2D eigenvalue weighted by Crippen LogP contribution is -2.12. The van der Waals surface area contributed by atoms with Crippen LogP contribution in [0.25, 0.3) is 10.6 Å². The molecule has 0 amide bonds. The molecule has 5 heteroatoms. The van der Waals surface area contributed by atoms with Crippen molar-refractivity contribution in [1.29, 1.82) is 0 Å². The zero-order chi connectivity index (χ0) is 10.8. The van der Waals surface area contributed by atoms with E-state index in [4.69, 9.17) is 16.0 Å². The summed E-state index contributed by atoms with van der Waals surface area (Å²) in [6, 6.07) is 3.90. The van der Waals surface area contributed by atoms with Crippen molar-refractivity contribution >= 4 is 22.9 Å². The first kappa shape index (κ1) is 10.7. The summed E-state index contributed by atoms with van der Waals surface area (Å²) in [5.74, 6) is 1.46. The molecular weight excluding hydrogens is 232 g/mol. The fourth-order valence-corrected chi connectivity index (χ4v) is 2.16. The first-order valence-electron chi connectivity index (χ1n) is 4.59. The molecule has 2 rings (SSSR count). The first-order chi connectivity index (χ1) is 7.20. The molecule has 2 heterocycles. The number of hydrogen-bond acceptors (Lipinski definition) is 4. The second-order valence-corrected chi connectivity index (χ2v) is 4.89. The van der Waals surface area contributed by atoms with E-state index in [0.29, 0.717) is 5.89 Å². The van der Waals surface area contributed by atoms with Crippen molar-refractivity contribution in [3.63, 3.8) is 0 Å². The van der Waals surface area contributed by atoms with Crippen LogP contribution < -0.4 is 5.32 Å². The molecule has 0 aromatic carbocycles. The van der Waals surface area contributed by atoms with Gasteiger partial charge in [0.05, 0.1) is 21.5 Å². The zero-order valence-corrected chi connectivity index (χ0v) is 10.0. The summed E-state index contributed by atoms with van der Waals surface area (Å²) >= 11 is 7.34. The van der Waals surface area contributed by atoms with Gasteiger partial charge < -0.3 is 9.73 Å². The Morgan fingerprint density at radius 2 is 2.33 bits per heavy atom. The van der Waals surface area contributed by atoms with Gasteiger partial charge in [-0.3, -0.25) is 0 Å². The SMILES string of the molecule is CNC(C)c1ncc(-c2ccc(Cl)s2)o1. The maximum absolute atomic E-state index is 5.85. The summed E-state index contributed by atoms with van der Waals surface area (Å²) in [4.78, 5) is 5.21. The number of hydrogen-bond donors (Lipinski definition) is 1. The maximum Gasteiger partial charge on any atom is 0.211 e. The lowest BCUT2D eigenvalue weighted by atomic mass is 10.3. The molecule has 3 nitrogen and oxygen atoms in total. The Bertz CT molecular complexity index is 452. The van der Waals surface area contributed by atoms with E-state index in [0.717, 1.165) is 15.0 Å². The highest BCUT2D eigenvalue weighted by molar-refractivity contribution is 7.19. The Balaban J connectivity index is 2.27. The molecule has 0 aliphatic heterocycles. The van der Waals surface area contributed by atoms with Crippen molar-refractivity contribution in [2.24, 2.45) is 0 Å². The third-order valence-corrected chi connectivity index (χ3v) is 3.39. The molecule has 0 saturated carbocycles. The molecule has 1 atom stereocenters. The van der Waals surface area contributed by atoms with Crippen LogP contribution in [0, 0.1) is 0 Å². The third-order valence-electron chi connectivity index (χ3n) is 2.14. The predicted molar refractivity (Wildman–Crippen MR) is 62.3 cm³/mol. The largest absolute Gasteiger partial charge is 0.438 e. The van der Waals surface area contributed by atoms with Gasteiger partial charge in [0, 0.05) is 0 Å². The zero-order valence-electron chi connectivity index (χ0n) is 8.45. The fourth-order valence-electron chi connectivity index (χ4n) is 1.17. The summed E-state index contributed by atoms with van der Waals surface area (Å²) in [6.45, 7) is 2.00. The van der Waals surface area contributed by atoms with Gasteiger partial charge in [0.1, 0.15) is 0 Å². The van der Waals surface area contributed by atoms with E-state index in [-0.39, 0.29) is 6.04 Å². The van der Waals surface area contributed by atoms with E-state index in [1.807, 2.05) is 26.1 Å². The summed E-state index contributed by atoms with van der Waals surface area (Å²) < 4.78 is 6.37. The van der Waals surface area contributed by atoms with Gasteiger partial charge in [0.2, 0.25) is 5.89 Å². The van der Waals surface area contributed by atoms with Gasteiger partial charge in [-0.1, -0.05) is 11.6 Å². The molecule has 0 spiro atoms. The average molecular weight is 243 g/mol. The highest BCUT2D eigenvalue weighted by atomic mass is 35.5. The predicted octanol–water partition coefficient (Wildman–Crippen LogP) is 3.34. The minimum absolute atomic E-state index is 0.120. The van der Waals surface area contributed by atoms with Crippen LogP contribution in [0.4, 0.5) is 0 Å². The highest BCUT2D eigenvalue weighted by Gasteiger charge is 2.12. The minimum Gasteiger partial charge on any atom is -0.438 e. The van der Waals surface area contributed by atoms with E-state index in [2.05, 4.69) is 10.3 Å². The van der Waals surface area contributed by atoms with Crippen molar-refractivity contribution in [3.05, 3.63) is 28.6 Å². The fraction of sp³-hybridized carbons (Fsp3) is 0.300. The van der Waals surface area contributed by atoms with Gasteiger partial charge in [0.25, 0.3) is 0 Å². The standard InChI is InChI=1S/C10H11ClN2OS/c1-6(12-2)10-13-5-7(14-10)8-3-4-9(11)15-8/h3-6,12H,1-2H3. The van der Waals surface area contributed by atoms with Crippen molar-refractivity contribution in [2.75, 3.05) is 7.05 Å². The number of oxazole rings is 1. The third kappa shape index (κ3) is 2.22. The van der Waals surface area contributed by atoms with Gasteiger partial charge in [-0.15, -0.1) is 11.3 Å². The Morgan fingerprint density at radius 1 is 1.53 bits per heavy atom. The normalized spacial score (nSPS) is 13.0. The molecule has 80 valence electrons. The Hall–Kier alpha value is -0.840. The molecule has 0 aliphatic carbocycles. The van der Waals surface area contributed by atoms with E-state index in [9.17, 15) is 0 Å². The summed E-state index contributed by atoms with van der Waals surface area (Å²) in [6.07, 6.45) is 1.73. The molecule has 1 N–H and O–H groups in total. The number of thiophene rings is 1. The lowest BCUT2D eigenvalue weighted by molar-refractivity contribution is 0.442. The summed E-state index contributed by atoms with van der Waals surface area (Å²) in [7, 11) is 1.87. The molecular formula is C10H11ClN2OS. The van der Waals surface area contributed by atoms with Crippen LogP contribution in [-0.2, 0) is 0 Å². The van der Waals surface area contributed by atoms with Crippen LogP contribution in [0.15, 0.2) is 22.7 Å². The molecule has 0 radical (unpaired) electrons. The molecule has 2 aromatic rings. The summed E-state index contributed by atoms with van der Waals surface area (Å²) in [5, 5.41) is 3.07. The van der Waals surface area contributed by atoms with Crippen molar-refractivity contribution in [2.45, 2.75) is 13.0 Å². The molecule has 15 heavy (non-hydrogen) atoms. The van der Waals surface area contributed by atoms with Crippen LogP contribution in [-0.4, -0.2) is 12.0 Å². The minimum atomic E-state index is 0.120. The first-order valence-corrected chi connectivity index (χ1v) is 5.79. The number of aromatic nitrogens is 1. The van der Waals surface area contributed by atoms with Crippen molar-refractivity contribution in [1.82, 2.24) is 10.3 Å². The quantitative estimate of drug-likeness (QED) is 0.897. The van der Waals surface area contributed by atoms with Gasteiger partial charge in [-0.2, -0.15) is 0 Å². The Labute approximate surface area is 97.1 Å². The van der Waals surface area contributed by atoms with E-state index < -0.39 is 0 Å². The molecule has 0 saturated heterocycles. The second kappa shape index (κ2) is 4.35. The van der Waals surface area contributed by atoms with Crippen molar-refractivity contribution < 1.29 is 4.42 Å². The van der Waals surface area contributed by atoms with E-state index in [1.54, 1.807) is 6.20 Å². The van der Waals surface area contributed by atoms with Gasteiger partial charge in [-0.25, -0.2) is 4.98 Å². The Kier molecular flexibility index (Phi) is 3.09. The molecule has 2 aromatic heterocycles. The number of halogens is 1. The van der Waals surface area contributed by atoms with Gasteiger partial charge in [0.15, 0.2) is 5.76 Å². The van der Waals surface area contributed by atoms with Gasteiger partial charge in [-0.05, 0) is 26.1 Å². The van der Waals surface area contributed by atoms with Crippen LogP contribution in [0.1, 0.15) is 18.9 Å². The monoisotopic (exact) mass is 242 g/mol. The van der Waals surface area contributed by atoms with E-state index in [1.165, 1.54) is 11.3 Å². The maximum atomic E-state index is 5.85.